The molecule has 3 rings (SSSR count). The molecule has 0 amide bonds. The first-order chi connectivity index (χ1) is 9.67. The number of piperidine rings is 1. The molecule has 2 N–H and O–H groups in total. The molecule has 0 spiro atoms. The second kappa shape index (κ2) is 5.72. The number of rotatable bonds is 4. The number of thiazole rings is 1. The van der Waals surface area contributed by atoms with Crippen molar-refractivity contribution < 1.29 is 0 Å². The molecule has 2 fully saturated rings. The van der Waals surface area contributed by atoms with Crippen molar-refractivity contribution in [1.82, 2.24) is 14.8 Å². The van der Waals surface area contributed by atoms with Crippen LogP contribution >= 0.6 is 11.3 Å². The third-order valence-electron chi connectivity index (χ3n) is 5.41. The first kappa shape index (κ1) is 14.4. The highest BCUT2D eigenvalue weighted by Gasteiger charge is 2.49. The smallest absolute Gasteiger partial charge is 0.0798 e. The Hall–Kier alpha value is -0.490. The largest absolute Gasteiger partial charge is 0.329 e. The summed E-state index contributed by atoms with van der Waals surface area (Å²) in [4.78, 5) is 11.0. The average molecular weight is 294 g/mol. The zero-order valence-corrected chi connectivity index (χ0v) is 13.5. The molecule has 0 bridgehead atoms. The second-order valence-corrected chi connectivity index (χ2v) is 7.26. The number of aryl methyl sites for hydroxylation is 1. The highest BCUT2D eigenvalue weighted by atomic mass is 32.1. The van der Waals surface area contributed by atoms with Crippen LogP contribution in [-0.2, 0) is 6.54 Å². The van der Waals surface area contributed by atoms with Crippen molar-refractivity contribution in [3.63, 3.8) is 0 Å². The first-order valence-electron chi connectivity index (χ1n) is 7.72. The number of nitrogens with zero attached hydrogens (tertiary/aromatic N) is 3. The number of aromatic nitrogens is 1. The molecule has 20 heavy (non-hydrogen) atoms. The topological polar surface area (TPSA) is 45.4 Å². The van der Waals surface area contributed by atoms with Gasteiger partial charge in [-0.3, -0.25) is 9.80 Å². The Morgan fingerprint density at radius 1 is 1.50 bits per heavy atom. The van der Waals surface area contributed by atoms with E-state index >= 15 is 0 Å². The van der Waals surface area contributed by atoms with Gasteiger partial charge in [-0.25, -0.2) is 4.98 Å². The Kier molecular flexibility index (Phi) is 4.13. The number of hydrogen-bond donors (Lipinski definition) is 1. The van der Waals surface area contributed by atoms with Crippen molar-refractivity contribution in [3.8, 4) is 0 Å². The second-order valence-electron chi connectivity index (χ2n) is 6.32. The molecule has 5 heteroatoms. The molecule has 0 radical (unpaired) electrons. The van der Waals surface area contributed by atoms with E-state index < -0.39 is 0 Å². The number of nitrogens with two attached hydrogens (primary N) is 1. The van der Waals surface area contributed by atoms with Crippen molar-refractivity contribution >= 4 is 11.3 Å². The molecule has 112 valence electrons. The molecule has 4 nitrogen and oxygen atoms in total. The van der Waals surface area contributed by atoms with Crippen LogP contribution in [0.1, 0.15) is 36.3 Å². The maximum absolute atomic E-state index is 6.26. The fourth-order valence-electron chi connectivity index (χ4n) is 4.06. The summed E-state index contributed by atoms with van der Waals surface area (Å²) in [5, 5.41) is 0. The summed E-state index contributed by atoms with van der Waals surface area (Å²) in [5.41, 5.74) is 9.55. The van der Waals surface area contributed by atoms with Gasteiger partial charge in [0, 0.05) is 36.1 Å². The summed E-state index contributed by atoms with van der Waals surface area (Å²) in [6.07, 6.45) is 5.23. The predicted octanol–water partition coefficient (Wildman–Crippen LogP) is 1.84. The summed E-state index contributed by atoms with van der Waals surface area (Å²) < 4.78 is 0. The standard InChI is InChI=1S/C15H26N4S/c1-12-13(20-11-17-12)9-18(2)15(10-16)6-8-19-7-4-3-5-14(15)19/h11,14H,3-10,16H2,1-2H3. The highest BCUT2D eigenvalue weighted by molar-refractivity contribution is 7.09. The monoisotopic (exact) mass is 294 g/mol. The van der Waals surface area contributed by atoms with E-state index in [2.05, 4.69) is 28.8 Å². The summed E-state index contributed by atoms with van der Waals surface area (Å²) in [6.45, 7) is 6.34. The molecule has 1 aromatic rings. The van der Waals surface area contributed by atoms with Crippen LogP contribution < -0.4 is 5.73 Å². The predicted molar refractivity (Wildman–Crippen MR) is 83.9 cm³/mol. The van der Waals surface area contributed by atoms with Crippen molar-refractivity contribution in [1.29, 1.82) is 0 Å². The van der Waals surface area contributed by atoms with Gasteiger partial charge in [0.1, 0.15) is 0 Å². The van der Waals surface area contributed by atoms with Crippen LogP contribution in [0.4, 0.5) is 0 Å². The maximum Gasteiger partial charge on any atom is 0.0798 e. The third kappa shape index (κ3) is 2.30. The van der Waals surface area contributed by atoms with Crippen molar-refractivity contribution in [2.24, 2.45) is 5.73 Å². The van der Waals surface area contributed by atoms with Crippen LogP contribution in [0, 0.1) is 6.92 Å². The lowest BCUT2D eigenvalue weighted by atomic mass is 9.84. The summed E-state index contributed by atoms with van der Waals surface area (Å²) in [5.74, 6) is 0. The van der Waals surface area contributed by atoms with Crippen molar-refractivity contribution in [2.45, 2.75) is 50.7 Å². The zero-order valence-electron chi connectivity index (χ0n) is 12.6. The van der Waals surface area contributed by atoms with Crippen LogP contribution in [0.25, 0.3) is 0 Å². The van der Waals surface area contributed by atoms with E-state index in [-0.39, 0.29) is 5.54 Å². The molecule has 2 atom stereocenters. The number of fused-ring (bicyclic) bond motifs is 1. The van der Waals surface area contributed by atoms with Gasteiger partial charge < -0.3 is 5.73 Å². The minimum atomic E-state index is 0.164. The van der Waals surface area contributed by atoms with Crippen LogP contribution in [0.5, 0.6) is 0 Å². The van der Waals surface area contributed by atoms with Crippen molar-refractivity contribution in [3.05, 3.63) is 16.1 Å². The van der Waals surface area contributed by atoms with E-state index in [4.69, 9.17) is 5.73 Å². The average Bonchev–Trinajstić information content (AvgIpc) is 3.04. The quantitative estimate of drug-likeness (QED) is 0.920. The Morgan fingerprint density at radius 2 is 2.35 bits per heavy atom. The van der Waals surface area contributed by atoms with Gasteiger partial charge in [0.15, 0.2) is 0 Å². The Morgan fingerprint density at radius 3 is 3.05 bits per heavy atom. The minimum Gasteiger partial charge on any atom is -0.329 e. The van der Waals surface area contributed by atoms with E-state index in [1.54, 1.807) is 11.3 Å². The van der Waals surface area contributed by atoms with Gasteiger partial charge in [-0.2, -0.15) is 0 Å². The SMILES string of the molecule is Cc1ncsc1CN(C)C1(CN)CCN2CCCCC21. The van der Waals surface area contributed by atoms with E-state index in [0.717, 1.165) is 13.1 Å². The fraction of sp³-hybridized carbons (Fsp3) is 0.800. The van der Waals surface area contributed by atoms with Gasteiger partial charge in [-0.15, -0.1) is 11.3 Å². The Bertz CT molecular complexity index is 460. The van der Waals surface area contributed by atoms with Gasteiger partial charge >= 0.3 is 0 Å². The minimum absolute atomic E-state index is 0.164. The zero-order chi connectivity index (χ0) is 14.2. The van der Waals surface area contributed by atoms with Crippen LogP contribution in [0.3, 0.4) is 0 Å². The Balaban J connectivity index is 1.79. The van der Waals surface area contributed by atoms with E-state index in [1.165, 1.54) is 49.3 Å². The number of likely N-dealkylation sites (N-methyl/N-ethyl adjacent to an activating group) is 1. The lowest BCUT2D eigenvalue weighted by Gasteiger charge is -2.46. The molecular formula is C15H26N4S. The van der Waals surface area contributed by atoms with Crippen LogP contribution in [0.2, 0.25) is 0 Å². The van der Waals surface area contributed by atoms with Gasteiger partial charge in [-0.05, 0) is 39.8 Å². The molecule has 3 heterocycles. The molecule has 2 aliphatic rings. The van der Waals surface area contributed by atoms with Crippen LogP contribution in [0.15, 0.2) is 5.51 Å². The van der Waals surface area contributed by atoms with E-state index in [9.17, 15) is 0 Å². The normalized spacial score (nSPS) is 30.9. The molecule has 0 aromatic carbocycles. The summed E-state index contributed by atoms with van der Waals surface area (Å²) in [6, 6.07) is 0.652. The molecule has 1 aromatic heterocycles. The molecule has 2 aliphatic heterocycles. The van der Waals surface area contributed by atoms with E-state index in [0.29, 0.717) is 6.04 Å². The molecule has 2 unspecified atom stereocenters. The lowest BCUT2D eigenvalue weighted by Crippen LogP contribution is -2.60. The van der Waals surface area contributed by atoms with Gasteiger partial charge in [0.05, 0.1) is 11.2 Å². The third-order valence-corrected chi connectivity index (χ3v) is 6.33. The summed E-state index contributed by atoms with van der Waals surface area (Å²) >= 11 is 1.77. The number of hydrogen-bond acceptors (Lipinski definition) is 5. The van der Waals surface area contributed by atoms with Crippen molar-refractivity contribution in [2.75, 3.05) is 26.7 Å². The first-order valence-corrected chi connectivity index (χ1v) is 8.59. The van der Waals surface area contributed by atoms with Gasteiger partial charge in [0.25, 0.3) is 0 Å². The van der Waals surface area contributed by atoms with Crippen LogP contribution in [-0.4, -0.2) is 53.0 Å². The molecule has 2 saturated heterocycles. The summed E-state index contributed by atoms with van der Waals surface area (Å²) in [7, 11) is 2.25. The molecule has 0 saturated carbocycles. The molecular weight excluding hydrogens is 268 g/mol. The molecule has 0 aliphatic carbocycles. The van der Waals surface area contributed by atoms with Gasteiger partial charge in [-0.1, -0.05) is 6.42 Å². The van der Waals surface area contributed by atoms with E-state index in [1.807, 2.05) is 5.51 Å². The fourth-order valence-corrected chi connectivity index (χ4v) is 4.89. The highest BCUT2D eigenvalue weighted by Crippen LogP contribution is 2.39. The maximum atomic E-state index is 6.26. The Labute approximate surface area is 126 Å². The lowest BCUT2D eigenvalue weighted by molar-refractivity contribution is 0.0517. The van der Waals surface area contributed by atoms with Gasteiger partial charge in [0.2, 0.25) is 0 Å².